The van der Waals surface area contributed by atoms with Crippen LogP contribution in [0.3, 0.4) is 0 Å². The fourth-order valence-corrected chi connectivity index (χ4v) is 1.88. The van der Waals surface area contributed by atoms with Crippen molar-refractivity contribution in [2.45, 2.75) is 25.0 Å². The summed E-state index contributed by atoms with van der Waals surface area (Å²) in [6.07, 6.45) is 2.62. The number of halogens is 1. The lowest BCUT2D eigenvalue weighted by atomic mass is 9.90. The molecule has 1 fully saturated rings. The molecule has 0 radical (unpaired) electrons. The molecule has 1 saturated carbocycles. The second kappa shape index (κ2) is 4.80. The summed E-state index contributed by atoms with van der Waals surface area (Å²) in [4.78, 5) is 15.5. The number of hydrogen-bond donors (Lipinski definition) is 3. The van der Waals surface area contributed by atoms with Crippen molar-refractivity contribution >= 4 is 27.6 Å². The van der Waals surface area contributed by atoms with Gasteiger partial charge in [-0.05, 0) is 40.9 Å². The SMILES string of the molecule is O=C(Nc1cccnc1Br)NC1CC(O)C1. The Hall–Kier alpha value is -1.14. The van der Waals surface area contributed by atoms with Gasteiger partial charge in [0, 0.05) is 12.2 Å². The van der Waals surface area contributed by atoms with Gasteiger partial charge in [-0.15, -0.1) is 0 Å². The number of aromatic nitrogens is 1. The normalized spacial score (nSPS) is 23.4. The minimum absolute atomic E-state index is 0.0745. The van der Waals surface area contributed by atoms with Gasteiger partial charge in [0.15, 0.2) is 0 Å². The molecule has 0 atom stereocenters. The maximum atomic E-state index is 11.5. The molecule has 0 aliphatic heterocycles. The average Bonchev–Trinajstić information content (AvgIpc) is 2.19. The highest BCUT2D eigenvalue weighted by molar-refractivity contribution is 9.10. The summed E-state index contributed by atoms with van der Waals surface area (Å²) in [5.74, 6) is 0. The van der Waals surface area contributed by atoms with E-state index in [1.54, 1.807) is 18.3 Å². The summed E-state index contributed by atoms with van der Waals surface area (Å²) in [5, 5.41) is 14.5. The lowest BCUT2D eigenvalue weighted by Crippen LogP contribution is -2.48. The third-order valence-electron chi connectivity index (χ3n) is 2.46. The van der Waals surface area contributed by atoms with Crippen LogP contribution >= 0.6 is 15.9 Å². The zero-order chi connectivity index (χ0) is 11.5. The minimum Gasteiger partial charge on any atom is -0.393 e. The van der Waals surface area contributed by atoms with Crippen LogP contribution in [0.4, 0.5) is 10.5 Å². The van der Waals surface area contributed by atoms with Crippen LogP contribution < -0.4 is 10.6 Å². The standard InChI is InChI=1S/C10H12BrN3O2/c11-9-8(2-1-3-12-9)14-10(16)13-6-4-7(15)5-6/h1-3,6-7,15H,4-5H2,(H2,13,14,16). The molecule has 0 aromatic carbocycles. The van der Waals surface area contributed by atoms with Crippen molar-refractivity contribution in [2.24, 2.45) is 0 Å². The molecule has 0 unspecified atom stereocenters. The largest absolute Gasteiger partial charge is 0.393 e. The van der Waals surface area contributed by atoms with Crippen LogP contribution in [0.2, 0.25) is 0 Å². The van der Waals surface area contributed by atoms with E-state index in [0.717, 1.165) is 0 Å². The van der Waals surface area contributed by atoms with Crippen molar-refractivity contribution in [3.05, 3.63) is 22.9 Å². The van der Waals surface area contributed by atoms with Crippen molar-refractivity contribution in [3.8, 4) is 0 Å². The highest BCUT2D eigenvalue weighted by atomic mass is 79.9. The van der Waals surface area contributed by atoms with E-state index in [2.05, 4.69) is 31.5 Å². The van der Waals surface area contributed by atoms with Gasteiger partial charge >= 0.3 is 6.03 Å². The quantitative estimate of drug-likeness (QED) is 0.721. The number of aliphatic hydroxyl groups is 1. The summed E-state index contributed by atoms with van der Waals surface area (Å²) < 4.78 is 0.596. The predicted molar refractivity (Wildman–Crippen MR) is 63.1 cm³/mol. The van der Waals surface area contributed by atoms with E-state index >= 15 is 0 Å². The van der Waals surface area contributed by atoms with Gasteiger partial charge in [-0.2, -0.15) is 0 Å². The van der Waals surface area contributed by atoms with Gasteiger partial charge in [-0.3, -0.25) is 0 Å². The molecular formula is C10H12BrN3O2. The molecule has 1 heterocycles. The van der Waals surface area contributed by atoms with Gasteiger partial charge in [0.1, 0.15) is 4.60 Å². The van der Waals surface area contributed by atoms with Crippen LogP contribution in [-0.4, -0.2) is 28.3 Å². The number of carbonyl (C=O) groups excluding carboxylic acids is 1. The van der Waals surface area contributed by atoms with Gasteiger partial charge in [-0.25, -0.2) is 9.78 Å². The summed E-state index contributed by atoms with van der Waals surface area (Å²) in [6, 6.07) is 3.30. The first-order valence-electron chi connectivity index (χ1n) is 5.01. The number of nitrogens with one attached hydrogen (secondary N) is 2. The van der Waals surface area contributed by atoms with Gasteiger partial charge in [-0.1, -0.05) is 0 Å². The molecule has 0 bridgehead atoms. The zero-order valence-electron chi connectivity index (χ0n) is 8.48. The lowest BCUT2D eigenvalue weighted by molar-refractivity contribution is 0.0671. The number of amides is 2. The number of nitrogens with zero attached hydrogens (tertiary/aromatic N) is 1. The highest BCUT2D eigenvalue weighted by Gasteiger charge is 2.28. The Morgan fingerprint density at radius 3 is 2.94 bits per heavy atom. The van der Waals surface area contributed by atoms with E-state index < -0.39 is 0 Å². The average molecular weight is 286 g/mol. The van der Waals surface area contributed by atoms with Gasteiger partial charge in [0.25, 0.3) is 0 Å². The van der Waals surface area contributed by atoms with Crippen molar-refractivity contribution in [2.75, 3.05) is 5.32 Å². The molecule has 0 spiro atoms. The topological polar surface area (TPSA) is 74.2 Å². The number of hydrogen-bond acceptors (Lipinski definition) is 3. The maximum absolute atomic E-state index is 11.5. The Bertz CT molecular complexity index is 393. The molecule has 3 N–H and O–H groups in total. The molecule has 16 heavy (non-hydrogen) atoms. The van der Waals surface area contributed by atoms with Crippen LogP contribution in [-0.2, 0) is 0 Å². The van der Waals surface area contributed by atoms with Crippen LogP contribution in [0.1, 0.15) is 12.8 Å². The number of carbonyl (C=O) groups is 1. The van der Waals surface area contributed by atoms with Crippen LogP contribution in [0.15, 0.2) is 22.9 Å². The summed E-state index contributed by atoms with van der Waals surface area (Å²) in [5.41, 5.74) is 0.625. The third-order valence-corrected chi connectivity index (χ3v) is 3.09. The van der Waals surface area contributed by atoms with E-state index in [0.29, 0.717) is 23.1 Å². The second-order valence-corrected chi connectivity index (χ2v) is 4.51. The Labute approximate surface area is 101 Å². The third kappa shape index (κ3) is 2.70. The Morgan fingerprint density at radius 1 is 1.56 bits per heavy atom. The van der Waals surface area contributed by atoms with E-state index in [-0.39, 0.29) is 18.2 Å². The maximum Gasteiger partial charge on any atom is 0.319 e. The first-order chi connectivity index (χ1) is 7.65. The highest BCUT2D eigenvalue weighted by Crippen LogP contribution is 2.21. The van der Waals surface area contributed by atoms with Crippen molar-refractivity contribution in [1.29, 1.82) is 0 Å². The van der Waals surface area contributed by atoms with E-state index in [9.17, 15) is 4.79 Å². The Kier molecular flexibility index (Phi) is 3.40. The van der Waals surface area contributed by atoms with Crippen molar-refractivity contribution < 1.29 is 9.90 Å². The molecule has 1 aromatic rings. The number of rotatable bonds is 2. The van der Waals surface area contributed by atoms with Crippen LogP contribution in [0.25, 0.3) is 0 Å². The fraction of sp³-hybridized carbons (Fsp3) is 0.400. The smallest absolute Gasteiger partial charge is 0.319 e. The molecule has 6 heteroatoms. The molecule has 1 aliphatic carbocycles. The molecule has 0 saturated heterocycles. The monoisotopic (exact) mass is 285 g/mol. The Morgan fingerprint density at radius 2 is 2.31 bits per heavy atom. The second-order valence-electron chi connectivity index (χ2n) is 3.76. The predicted octanol–water partition coefficient (Wildman–Crippen LogP) is 1.49. The molecule has 1 aliphatic rings. The first kappa shape index (κ1) is 11.3. The fourth-order valence-electron chi connectivity index (χ4n) is 1.53. The zero-order valence-corrected chi connectivity index (χ0v) is 10.1. The molecule has 1 aromatic heterocycles. The number of pyridine rings is 1. The number of anilines is 1. The number of urea groups is 1. The van der Waals surface area contributed by atoms with Crippen molar-refractivity contribution in [3.63, 3.8) is 0 Å². The van der Waals surface area contributed by atoms with Gasteiger partial charge in [0.2, 0.25) is 0 Å². The van der Waals surface area contributed by atoms with Crippen molar-refractivity contribution in [1.82, 2.24) is 10.3 Å². The molecule has 86 valence electrons. The summed E-state index contributed by atoms with van der Waals surface area (Å²) in [7, 11) is 0. The lowest BCUT2D eigenvalue weighted by Gasteiger charge is -2.31. The Balaban J connectivity index is 1.85. The minimum atomic E-state index is -0.273. The van der Waals surface area contributed by atoms with Gasteiger partial charge in [0.05, 0.1) is 11.8 Å². The van der Waals surface area contributed by atoms with Crippen LogP contribution in [0, 0.1) is 0 Å². The molecular weight excluding hydrogens is 274 g/mol. The van der Waals surface area contributed by atoms with E-state index in [1.807, 2.05) is 0 Å². The first-order valence-corrected chi connectivity index (χ1v) is 5.80. The number of aliphatic hydroxyl groups excluding tert-OH is 1. The summed E-state index contributed by atoms with van der Waals surface area (Å²) >= 11 is 3.24. The van der Waals surface area contributed by atoms with Crippen LogP contribution in [0.5, 0.6) is 0 Å². The van der Waals surface area contributed by atoms with Gasteiger partial charge < -0.3 is 15.7 Å². The van der Waals surface area contributed by atoms with E-state index in [1.165, 1.54) is 0 Å². The summed E-state index contributed by atoms with van der Waals surface area (Å²) in [6.45, 7) is 0. The molecule has 2 amide bonds. The van der Waals surface area contributed by atoms with E-state index in [4.69, 9.17) is 5.11 Å². The molecule has 2 rings (SSSR count). The molecule has 5 nitrogen and oxygen atoms in total.